The highest BCUT2D eigenvalue weighted by Crippen LogP contribution is 2.33. The lowest BCUT2D eigenvalue weighted by atomic mass is 10.0. The molecule has 2 rings (SSSR count). The lowest BCUT2D eigenvalue weighted by Gasteiger charge is -2.27. The average molecular weight is 286 g/mol. The van der Waals surface area contributed by atoms with Gasteiger partial charge < -0.3 is 5.73 Å². The van der Waals surface area contributed by atoms with Crippen LogP contribution in [0.4, 0.5) is 13.2 Å². The Morgan fingerprint density at radius 1 is 1.20 bits per heavy atom. The predicted molar refractivity (Wildman–Crippen MR) is 69.1 cm³/mol. The molecule has 0 atom stereocenters. The van der Waals surface area contributed by atoms with E-state index in [1.165, 1.54) is 12.1 Å². The summed E-state index contributed by atoms with van der Waals surface area (Å²) >= 11 is 0. The highest BCUT2D eigenvalue weighted by atomic mass is 19.4. The van der Waals surface area contributed by atoms with E-state index < -0.39 is 17.6 Å². The molecule has 0 unspecified atom stereocenters. The third-order valence-electron chi connectivity index (χ3n) is 3.54. The van der Waals surface area contributed by atoms with E-state index in [2.05, 4.69) is 0 Å². The van der Waals surface area contributed by atoms with Crippen LogP contribution in [0.2, 0.25) is 0 Å². The normalized spacial score (nSPS) is 17.1. The molecule has 20 heavy (non-hydrogen) atoms. The SMILES string of the molecule is NC(=O)c1ccc(CN2CCCCC2)c(C(F)(F)F)c1. The third-order valence-corrected chi connectivity index (χ3v) is 3.54. The van der Waals surface area contributed by atoms with Crippen LogP contribution in [0.15, 0.2) is 18.2 Å². The van der Waals surface area contributed by atoms with Crippen LogP contribution in [0.5, 0.6) is 0 Å². The highest BCUT2D eigenvalue weighted by molar-refractivity contribution is 5.93. The molecule has 0 spiro atoms. The van der Waals surface area contributed by atoms with Crippen molar-refractivity contribution in [1.29, 1.82) is 0 Å². The van der Waals surface area contributed by atoms with Gasteiger partial charge in [0.2, 0.25) is 5.91 Å². The summed E-state index contributed by atoms with van der Waals surface area (Å²) in [7, 11) is 0. The molecular formula is C14H17F3N2O. The van der Waals surface area contributed by atoms with Gasteiger partial charge in [-0.3, -0.25) is 9.69 Å². The highest BCUT2D eigenvalue weighted by Gasteiger charge is 2.34. The van der Waals surface area contributed by atoms with Gasteiger partial charge in [0.05, 0.1) is 5.56 Å². The lowest BCUT2D eigenvalue weighted by molar-refractivity contribution is -0.138. The smallest absolute Gasteiger partial charge is 0.366 e. The van der Waals surface area contributed by atoms with E-state index in [9.17, 15) is 18.0 Å². The fourth-order valence-corrected chi connectivity index (χ4v) is 2.49. The number of rotatable bonds is 3. The van der Waals surface area contributed by atoms with Crippen molar-refractivity contribution in [2.24, 2.45) is 5.73 Å². The Morgan fingerprint density at radius 3 is 2.40 bits per heavy atom. The standard InChI is InChI=1S/C14H17F3N2O/c15-14(16,17)12-8-10(13(18)20)4-5-11(12)9-19-6-2-1-3-7-19/h4-5,8H,1-3,6-7,9H2,(H2,18,20). The molecule has 1 fully saturated rings. The number of hydrogen-bond donors (Lipinski definition) is 1. The summed E-state index contributed by atoms with van der Waals surface area (Å²) in [5, 5.41) is 0. The van der Waals surface area contributed by atoms with Crippen molar-refractivity contribution in [1.82, 2.24) is 4.90 Å². The molecule has 1 aromatic carbocycles. The van der Waals surface area contributed by atoms with Gasteiger partial charge in [-0.25, -0.2) is 0 Å². The van der Waals surface area contributed by atoms with Gasteiger partial charge in [-0.05, 0) is 43.6 Å². The number of hydrogen-bond acceptors (Lipinski definition) is 2. The first-order valence-electron chi connectivity index (χ1n) is 6.60. The van der Waals surface area contributed by atoms with Crippen LogP contribution in [0.1, 0.15) is 40.7 Å². The molecule has 0 radical (unpaired) electrons. The molecule has 1 amide bonds. The Morgan fingerprint density at radius 2 is 1.85 bits per heavy atom. The second kappa shape index (κ2) is 5.83. The van der Waals surface area contributed by atoms with Crippen molar-refractivity contribution in [2.45, 2.75) is 32.0 Å². The number of likely N-dealkylation sites (tertiary alicyclic amines) is 1. The Hall–Kier alpha value is -1.56. The average Bonchev–Trinajstić information content (AvgIpc) is 2.39. The number of carbonyl (C=O) groups excluding carboxylic acids is 1. The first kappa shape index (κ1) is 14.8. The largest absolute Gasteiger partial charge is 0.416 e. The monoisotopic (exact) mass is 286 g/mol. The molecule has 1 heterocycles. The molecule has 3 nitrogen and oxygen atoms in total. The van der Waals surface area contributed by atoms with Gasteiger partial charge >= 0.3 is 6.18 Å². The summed E-state index contributed by atoms with van der Waals surface area (Å²) in [6.07, 6.45) is -1.32. The van der Waals surface area contributed by atoms with Crippen molar-refractivity contribution >= 4 is 5.91 Å². The molecule has 2 N–H and O–H groups in total. The van der Waals surface area contributed by atoms with Crippen molar-refractivity contribution in [2.75, 3.05) is 13.1 Å². The van der Waals surface area contributed by atoms with Crippen molar-refractivity contribution in [3.63, 3.8) is 0 Å². The summed E-state index contributed by atoms with van der Waals surface area (Å²) in [6, 6.07) is 3.57. The van der Waals surface area contributed by atoms with Gasteiger partial charge in [0.1, 0.15) is 0 Å². The molecule has 0 bridgehead atoms. The van der Waals surface area contributed by atoms with Crippen molar-refractivity contribution < 1.29 is 18.0 Å². The summed E-state index contributed by atoms with van der Waals surface area (Å²) in [6.45, 7) is 1.89. The molecular weight excluding hydrogens is 269 g/mol. The number of primary amides is 1. The lowest BCUT2D eigenvalue weighted by Crippen LogP contribution is -2.30. The minimum absolute atomic E-state index is 0.111. The van der Waals surface area contributed by atoms with Crippen LogP contribution >= 0.6 is 0 Å². The molecule has 1 saturated heterocycles. The minimum atomic E-state index is -4.48. The van der Waals surface area contributed by atoms with Crippen LogP contribution in [0.25, 0.3) is 0 Å². The summed E-state index contributed by atoms with van der Waals surface area (Å²) in [4.78, 5) is 13.0. The topological polar surface area (TPSA) is 46.3 Å². The van der Waals surface area contributed by atoms with E-state index in [1.807, 2.05) is 4.90 Å². The van der Waals surface area contributed by atoms with Crippen LogP contribution < -0.4 is 5.73 Å². The maximum atomic E-state index is 13.1. The zero-order valence-corrected chi connectivity index (χ0v) is 11.0. The van der Waals surface area contributed by atoms with Gasteiger partial charge in [0.25, 0.3) is 0 Å². The van der Waals surface area contributed by atoms with Crippen molar-refractivity contribution in [3.8, 4) is 0 Å². The van der Waals surface area contributed by atoms with E-state index in [0.717, 1.165) is 38.4 Å². The number of amides is 1. The number of alkyl halides is 3. The first-order chi connectivity index (χ1) is 9.38. The Balaban J connectivity index is 2.28. The zero-order chi connectivity index (χ0) is 14.8. The van der Waals surface area contributed by atoms with Crippen molar-refractivity contribution in [3.05, 3.63) is 34.9 Å². The second-order valence-corrected chi connectivity index (χ2v) is 5.07. The minimum Gasteiger partial charge on any atom is -0.366 e. The molecule has 6 heteroatoms. The maximum absolute atomic E-state index is 13.1. The van der Waals surface area contributed by atoms with Gasteiger partial charge in [0.15, 0.2) is 0 Å². The Kier molecular flexibility index (Phi) is 4.32. The zero-order valence-electron chi connectivity index (χ0n) is 11.0. The maximum Gasteiger partial charge on any atom is 0.416 e. The van der Waals surface area contributed by atoms with Gasteiger partial charge in [0, 0.05) is 12.1 Å². The second-order valence-electron chi connectivity index (χ2n) is 5.07. The quantitative estimate of drug-likeness (QED) is 0.928. The molecule has 110 valence electrons. The molecule has 0 aromatic heterocycles. The predicted octanol–water partition coefficient (Wildman–Crippen LogP) is 2.79. The van der Waals surface area contributed by atoms with Crippen LogP contribution in [0, 0.1) is 0 Å². The molecule has 0 aliphatic carbocycles. The molecule has 0 saturated carbocycles. The number of benzene rings is 1. The van der Waals surface area contributed by atoms with E-state index in [-0.39, 0.29) is 17.7 Å². The summed E-state index contributed by atoms with van der Waals surface area (Å²) in [5.74, 6) is -0.847. The number of nitrogens with zero attached hydrogens (tertiary/aromatic N) is 1. The number of carbonyl (C=O) groups is 1. The van der Waals surface area contributed by atoms with E-state index in [4.69, 9.17) is 5.73 Å². The van der Waals surface area contributed by atoms with E-state index in [0.29, 0.717) is 0 Å². The molecule has 1 aromatic rings. The van der Waals surface area contributed by atoms with E-state index >= 15 is 0 Å². The number of piperidine rings is 1. The first-order valence-corrected chi connectivity index (χ1v) is 6.60. The molecule has 1 aliphatic heterocycles. The van der Waals surface area contributed by atoms with Gasteiger partial charge in [-0.15, -0.1) is 0 Å². The van der Waals surface area contributed by atoms with E-state index in [1.54, 1.807) is 0 Å². The number of halogens is 3. The number of nitrogens with two attached hydrogens (primary N) is 1. The van der Waals surface area contributed by atoms with Gasteiger partial charge in [-0.1, -0.05) is 12.5 Å². The summed E-state index contributed by atoms with van der Waals surface area (Å²) in [5.41, 5.74) is 4.37. The van der Waals surface area contributed by atoms with Crippen LogP contribution in [0.3, 0.4) is 0 Å². The van der Waals surface area contributed by atoms with Crippen LogP contribution in [-0.4, -0.2) is 23.9 Å². The third kappa shape index (κ3) is 3.50. The molecule has 1 aliphatic rings. The Labute approximate surface area is 115 Å². The van der Waals surface area contributed by atoms with Crippen LogP contribution in [-0.2, 0) is 12.7 Å². The Bertz CT molecular complexity index is 494. The summed E-state index contributed by atoms with van der Waals surface area (Å²) < 4.78 is 39.2. The fraction of sp³-hybridized carbons (Fsp3) is 0.500. The fourth-order valence-electron chi connectivity index (χ4n) is 2.49. The van der Waals surface area contributed by atoms with Gasteiger partial charge in [-0.2, -0.15) is 13.2 Å².